The van der Waals surface area contributed by atoms with Gasteiger partial charge < -0.3 is 4.90 Å². The molecule has 0 heterocycles. The standard InChI is InChI=1S/C12H19BrFN3/c1-12(2,17(3)4)11(16-15)9-7-8(13)5-6-10(9)14/h5-7,11,16H,15H2,1-4H3. The molecule has 1 rings (SSSR count). The zero-order valence-corrected chi connectivity index (χ0v) is 12.2. The van der Waals surface area contributed by atoms with Gasteiger partial charge in [-0.05, 0) is 46.1 Å². The maximum atomic E-state index is 13.9. The number of nitrogens with one attached hydrogen (secondary N) is 1. The second-order valence-electron chi connectivity index (χ2n) is 4.81. The average Bonchev–Trinajstić information content (AvgIpc) is 2.23. The molecule has 0 spiro atoms. The third-order valence-corrected chi connectivity index (χ3v) is 3.79. The summed E-state index contributed by atoms with van der Waals surface area (Å²) in [6, 6.07) is 4.57. The minimum absolute atomic E-state index is 0.258. The van der Waals surface area contributed by atoms with E-state index < -0.39 is 0 Å². The Morgan fingerprint density at radius 1 is 1.41 bits per heavy atom. The topological polar surface area (TPSA) is 41.3 Å². The highest BCUT2D eigenvalue weighted by atomic mass is 79.9. The summed E-state index contributed by atoms with van der Waals surface area (Å²) in [4.78, 5) is 2.01. The molecule has 0 radical (unpaired) electrons. The number of nitrogens with zero attached hydrogens (tertiary/aromatic N) is 1. The smallest absolute Gasteiger partial charge is 0.128 e. The fourth-order valence-electron chi connectivity index (χ4n) is 1.67. The maximum Gasteiger partial charge on any atom is 0.128 e. The van der Waals surface area contributed by atoms with E-state index in [9.17, 15) is 4.39 Å². The highest BCUT2D eigenvalue weighted by molar-refractivity contribution is 9.10. The molecule has 0 fully saturated rings. The van der Waals surface area contributed by atoms with Crippen molar-refractivity contribution in [3.05, 3.63) is 34.1 Å². The minimum Gasteiger partial charge on any atom is -0.302 e. The Morgan fingerprint density at radius 3 is 2.47 bits per heavy atom. The molecule has 0 saturated heterocycles. The summed E-state index contributed by atoms with van der Waals surface area (Å²) in [7, 11) is 3.89. The van der Waals surface area contributed by atoms with Crippen molar-refractivity contribution >= 4 is 15.9 Å². The van der Waals surface area contributed by atoms with Gasteiger partial charge in [0.15, 0.2) is 0 Å². The zero-order chi connectivity index (χ0) is 13.2. The number of likely N-dealkylation sites (N-methyl/N-ethyl adjacent to an activating group) is 1. The van der Waals surface area contributed by atoms with E-state index in [4.69, 9.17) is 5.84 Å². The van der Waals surface area contributed by atoms with Gasteiger partial charge in [-0.25, -0.2) is 4.39 Å². The van der Waals surface area contributed by atoms with Crippen LogP contribution in [0.5, 0.6) is 0 Å². The van der Waals surface area contributed by atoms with Gasteiger partial charge in [-0.3, -0.25) is 11.3 Å². The van der Waals surface area contributed by atoms with Crippen molar-refractivity contribution in [1.82, 2.24) is 10.3 Å². The minimum atomic E-state index is -0.309. The van der Waals surface area contributed by atoms with E-state index in [2.05, 4.69) is 21.4 Å². The Labute approximate surface area is 110 Å². The second-order valence-corrected chi connectivity index (χ2v) is 5.73. The molecule has 1 atom stereocenters. The number of nitrogens with two attached hydrogens (primary N) is 1. The van der Waals surface area contributed by atoms with Gasteiger partial charge in [0.1, 0.15) is 5.82 Å². The number of benzene rings is 1. The molecule has 0 saturated carbocycles. The van der Waals surface area contributed by atoms with E-state index >= 15 is 0 Å². The third kappa shape index (κ3) is 3.04. The molecule has 0 aliphatic carbocycles. The van der Waals surface area contributed by atoms with Crippen molar-refractivity contribution in [2.45, 2.75) is 25.4 Å². The Morgan fingerprint density at radius 2 is 2.00 bits per heavy atom. The van der Waals surface area contributed by atoms with Crippen LogP contribution in [-0.2, 0) is 0 Å². The summed E-state index contributed by atoms with van der Waals surface area (Å²) in [5, 5.41) is 0. The molecule has 1 aromatic rings. The molecule has 96 valence electrons. The maximum absolute atomic E-state index is 13.9. The van der Waals surface area contributed by atoms with Gasteiger partial charge in [0.25, 0.3) is 0 Å². The molecular weight excluding hydrogens is 285 g/mol. The fourth-order valence-corrected chi connectivity index (χ4v) is 2.05. The quantitative estimate of drug-likeness (QED) is 0.663. The number of halogens is 2. The molecule has 3 nitrogen and oxygen atoms in total. The second kappa shape index (κ2) is 5.44. The molecule has 0 amide bonds. The summed E-state index contributed by atoms with van der Waals surface area (Å²) in [6.45, 7) is 4.02. The Kier molecular flexibility index (Phi) is 4.66. The lowest BCUT2D eigenvalue weighted by atomic mass is 9.87. The lowest BCUT2D eigenvalue weighted by Gasteiger charge is -2.40. The molecule has 0 aromatic heterocycles. The van der Waals surface area contributed by atoms with Crippen LogP contribution >= 0.6 is 15.9 Å². The van der Waals surface area contributed by atoms with Gasteiger partial charge in [-0.15, -0.1) is 0 Å². The molecule has 1 unspecified atom stereocenters. The van der Waals surface area contributed by atoms with Crippen LogP contribution in [0.1, 0.15) is 25.5 Å². The van der Waals surface area contributed by atoms with E-state index in [1.807, 2.05) is 32.8 Å². The van der Waals surface area contributed by atoms with E-state index in [0.717, 1.165) is 4.47 Å². The van der Waals surface area contributed by atoms with Crippen molar-refractivity contribution in [3.8, 4) is 0 Å². The number of hydrogen-bond donors (Lipinski definition) is 2. The largest absolute Gasteiger partial charge is 0.302 e. The van der Waals surface area contributed by atoms with E-state index in [1.165, 1.54) is 6.07 Å². The molecule has 17 heavy (non-hydrogen) atoms. The molecule has 1 aromatic carbocycles. The van der Waals surface area contributed by atoms with Crippen LogP contribution in [0.3, 0.4) is 0 Å². The van der Waals surface area contributed by atoms with Gasteiger partial charge in [0.05, 0.1) is 6.04 Å². The van der Waals surface area contributed by atoms with Crippen molar-refractivity contribution in [3.63, 3.8) is 0 Å². The van der Waals surface area contributed by atoms with E-state index in [1.54, 1.807) is 12.1 Å². The average molecular weight is 304 g/mol. The molecule has 0 aliphatic heterocycles. The first-order chi connectivity index (χ1) is 7.80. The summed E-state index contributed by atoms with van der Waals surface area (Å²) in [5.74, 6) is 5.33. The lowest BCUT2D eigenvalue weighted by Crippen LogP contribution is -2.51. The summed E-state index contributed by atoms with van der Waals surface area (Å²) >= 11 is 3.35. The fraction of sp³-hybridized carbons (Fsp3) is 0.500. The van der Waals surface area contributed by atoms with Crippen molar-refractivity contribution in [2.24, 2.45) is 5.84 Å². The van der Waals surface area contributed by atoms with Crippen LogP contribution in [-0.4, -0.2) is 24.5 Å². The monoisotopic (exact) mass is 303 g/mol. The van der Waals surface area contributed by atoms with Crippen LogP contribution in [0.25, 0.3) is 0 Å². The SMILES string of the molecule is CN(C)C(C)(C)C(NN)c1cc(Br)ccc1F. The number of hydrogen-bond acceptors (Lipinski definition) is 3. The lowest BCUT2D eigenvalue weighted by molar-refractivity contribution is 0.136. The van der Waals surface area contributed by atoms with Crippen LogP contribution < -0.4 is 11.3 Å². The highest BCUT2D eigenvalue weighted by Gasteiger charge is 2.33. The molecule has 0 bridgehead atoms. The van der Waals surface area contributed by atoms with Gasteiger partial charge >= 0.3 is 0 Å². The summed E-state index contributed by atoms with van der Waals surface area (Å²) in [5.41, 5.74) is 2.95. The number of hydrazine groups is 1. The van der Waals surface area contributed by atoms with E-state index in [0.29, 0.717) is 5.56 Å². The van der Waals surface area contributed by atoms with Crippen LogP contribution in [0, 0.1) is 5.82 Å². The number of rotatable bonds is 4. The predicted molar refractivity (Wildman–Crippen MR) is 71.9 cm³/mol. The molecule has 5 heteroatoms. The highest BCUT2D eigenvalue weighted by Crippen LogP contribution is 2.31. The van der Waals surface area contributed by atoms with Crippen molar-refractivity contribution in [2.75, 3.05) is 14.1 Å². The third-order valence-electron chi connectivity index (χ3n) is 3.29. The van der Waals surface area contributed by atoms with Gasteiger partial charge in [-0.1, -0.05) is 15.9 Å². The van der Waals surface area contributed by atoms with Gasteiger partial charge in [0.2, 0.25) is 0 Å². The summed E-state index contributed by atoms with van der Waals surface area (Å²) in [6.07, 6.45) is 0. The Hall–Kier alpha value is -0.490. The molecule has 0 aliphatic rings. The zero-order valence-electron chi connectivity index (χ0n) is 10.6. The predicted octanol–water partition coefficient (Wildman–Crippen LogP) is 2.43. The van der Waals surface area contributed by atoms with Crippen LogP contribution in [0.4, 0.5) is 4.39 Å². The van der Waals surface area contributed by atoms with Crippen molar-refractivity contribution < 1.29 is 4.39 Å². The first-order valence-corrected chi connectivity index (χ1v) is 6.18. The first-order valence-electron chi connectivity index (χ1n) is 5.39. The van der Waals surface area contributed by atoms with Crippen molar-refractivity contribution in [1.29, 1.82) is 0 Å². The Bertz CT molecular complexity index is 393. The van der Waals surface area contributed by atoms with Crippen LogP contribution in [0.2, 0.25) is 0 Å². The van der Waals surface area contributed by atoms with Crippen LogP contribution in [0.15, 0.2) is 22.7 Å². The molecular formula is C12H19BrFN3. The Balaban J connectivity index is 3.22. The van der Waals surface area contributed by atoms with Gasteiger partial charge in [0, 0.05) is 15.6 Å². The van der Waals surface area contributed by atoms with E-state index in [-0.39, 0.29) is 17.4 Å². The summed E-state index contributed by atoms with van der Waals surface area (Å²) < 4.78 is 14.7. The molecule has 3 N–H and O–H groups in total. The first kappa shape index (κ1) is 14.6. The normalized spacial score (nSPS) is 14.1. The van der Waals surface area contributed by atoms with Gasteiger partial charge in [-0.2, -0.15) is 0 Å².